The summed E-state index contributed by atoms with van der Waals surface area (Å²) in [7, 11) is 0. The van der Waals surface area contributed by atoms with E-state index in [1.54, 1.807) is 39.0 Å². The van der Waals surface area contributed by atoms with E-state index in [-0.39, 0.29) is 26.2 Å². The molecule has 0 spiro atoms. The van der Waals surface area contributed by atoms with Crippen molar-refractivity contribution in [3.05, 3.63) is 34.3 Å². The summed E-state index contributed by atoms with van der Waals surface area (Å²) in [5.41, 5.74) is -0.349. The molecule has 0 heterocycles. The lowest BCUT2D eigenvalue weighted by molar-refractivity contribution is -0.177. The molecular formula is C19H25ClO6. The summed E-state index contributed by atoms with van der Waals surface area (Å²) in [6.45, 7) is 7.01. The molecule has 0 saturated heterocycles. The van der Waals surface area contributed by atoms with Crippen LogP contribution in [0.15, 0.2) is 18.2 Å². The van der Waals surface area contributed by atoms with Crippen LogP contribution in [-0.2, 0) is 35.0 Å². The van der Waals surface area contributed by atoms with Crippen LogP contribution in [0.5, 0.6) is 0 Å². The highest BCUT2D eigenvalue weighted by molar-refractivity contribution is 6.31. The van der Waals surface area contributed by atoms with Gasteiger partial charge in [0.15, 0.2) is 5.41 Å². The van der Waals surface area contributed by atoms with Gasteiger partial charge in [0.2, 0.25) is 0 Å². The summed E-state index contributed by atoms with van der Waals surface area (Å²) in [5.74, 6) is -2.28. The first-order valence-corrected chi connectivity index (χ1v) is 8.93. The molecule has 0 fully saturated rings. The molecule has 0 atom stereocenters. The van der Waals surface area contributed by atoms with E-state index in [1.165, 1.54) is 0 Å². The van der Waals surface area contributed by atoms with Gasteiger partial charge in [0.05, 0.1) is 26.2 Å². The van der Waals surface area contributed by atoms with Crippen molar-refractivity contribution >= 4 is 29.5 Å². The largest absolute Gasteiger partial charge is 0.466 e. The van der Waals surface area contributed by atoms with Crippen LogP contribution in [-0.4, -0.2) is 37.7 Å². The molecule has 1 aromatic carbocycles. The molecule has 0 N–H and O–H groups in total. The van der Waals surface area contributed by atoms with Crippen LogP contribution in [0.4, 0.5) is 0 Å². The smallest absolute Gasteiger partial charge is 0.324 e. The van der Waals surface area contributed by atoms with E-state index in [1.807, 2.05) is 6.92 Å². The minimum Gasteiger partial charge on any atom is -0.466 e. The first-order valence-electron chi connectivity index (χ1n) is 8.55. The van der Waals surface area contributed by atoms with Crippen LogP contribution in [0.2, 0.25) is 5.02 Å². The molecule has 0 unspecified atom stereocenters. The quantitative estimate of drug-likeness (QED) is 0.369. The highest BCUT2D eigenvalue weighted by Crippen LogP contribution is 2.33. The van der Waals surface area contributed by atoms with E-state index in [2.05, 4.69) is 0 Å². The molecule has 0 saturated carbocycles. The number of esters is 3. The van der Waals surface area contributed by atoms with Gasteiger partial charge in [-0.05, 0) is 51.3 Å². The first-order chi connectivity index (χ1) is 12.3. The maximum Gasteiger partial charge on any atom is 0.324 e. The molecule has 26 heavy (non-hydrogen) atoms. The Bertz CT molecular complexity index is 637. The zero-order chi connectivity index (χ0) is 19.7. The molecule has 1 rings (SSSR count). The third-order valence-electron chi connectivity index (χ3n) is 3.81. The summed E-state index contributed by atoms with van der Waals surface area (Å²) >= 11 is 6.04. The Morgan fingerprint density at radius 3 is 1.96 bits per heavy atom. The van der Waals surface area contributed by atoms with Crippen molar-refractivity contribution in [2.24, 2.45) is 5.41 Å². The number of hydrogen-bond donors (Lipinski definition) is 0. The fourth-order valence-electron chi connectivity index (χ4n) is 2.60. The SMILES string of the molecule is CCOC(=O)CC(Cc1ccc(Cl)c(C)c1)(C(=O)OCC)C(=O)OCC. The molecule has 0 aliphatic carbocycles. The molecule has 0 aliphatic rings. The monoisotopic (exact) mass is 384 g/mol. The molecule has 0 aliphatic heterocycles. The molecular weight excluding hydrogens is 360 g/mol. The number of carbonyl (C=O) groups excluding carboxylic acids is 3. The van der Waals surface area contributed by atoms with Gasteiger partial charge in [0.25, 0.3) is 0 Å². The summed E-state index contributed by atoms with van der Waals surface area (Å²) in [6.07, 6.45) is -0.512. The predicted molar refractivity (Wildman–Crippen MR) is 96.8 cm³/mol. The minimum atomic E-state index is -1.81. The van der Waals surface area contributed by atoms with E-state index in [0.717, 1.165) is 5.56 Å². The van der Waals surface area contributed by atoms with Crippen LogP contribution in [0.25, 0.3) is 0 Å². The van der Waals surface area contributed by atoms with Crippen molar-refractivity contribution in [2.45, 2.75) is 40.5 Å². The number of halogens is 1. The van der Waals surface area contributed by atoms with Crippen molar-refractivity contribution in [3.63, 3.8) is 0 Å². The van der Waals surface area contributed by atoms with Crippen molar-refractivity contribution in [1.82, 2.24) is 0 Å². The number of benzene rings is 1. The average molecular weight is 385 g/mol. The Hall–Kier alpha value is -2.08. The van der Waals surface area contributed by atoms with Crippen molar-refractivity contribution in [1.29, 1.82) is 0 Å². The van der Waals surface area contributed by atoms with Crippen LogP contribution >= 0.6 is 11.6 Å². The standard InChI is InChI=1S/C19H25ClO6/c1-5-24-16(21)12-19(17(22)25-6-2,18(23)26-7-3)11-14-8-9-15(20)13(4)10-14/h8-10H,5-7,11-12H2,1-4H3. The van der Waals surface area contributed by atoms with Crippen molar-refractivity contribution < 1.29 is 28.6 Å². The molecule has 6 nitrogen and oxygen atoms in total. The Balaban J connectivity index is 3.37. The zero-order valence-electron chi connectivity index (χ0n) is 15.6. The zero-order valence-corrected chi connectivity index (χ0v) is 16.4. The maximum absolute atomic E-state index is 12.7. The van der Waals surface area contributed by atoms with Gasteiger partial charge in [-0.2, -0.15) is 0 Å². The van der Waals surface area contributed by atoms with Gasteiger partial charge >= 0.3 is 17.9 Å². The lowest BCUT2D eigenvalue weighted by Crippen LogP contribution is -2.46. The van der Waals surface area contributed by atoms with Crippen LogP contribution in [0.3, 0.4) is 0 Å². The van der Waals surface area contributed by atoms with Gasteiger partial charge in [-0.25, -0.2) is 0 Å². The molecule has 0 bridgehead atoms. The second kappa shape index (κ2) is 10.2. The van der Waals surface area contributed by atoms with E-state index in [4.69, 9.17) is 25.8 Å². The summed E-state index contributed by atoms with van der Waals surface area (Å²) in [4.78, 5) is 37.6. The topological polar surface area (TPSA) is 78.9 Å². The molecule has 0 radical (unpaired) electrons. The minimum absolute atomic E-state index is 0.0541. The molecule has 1 aromatic rings. The highest BCUT2D eigenvalue weighted by atomic mass is 35.5. The Morgan fingerprint density at radius 2 is 1.50 bits per heavy atom. The summed E-state index contributed by atoms with van der Waals surface area (Å²) < 4.78 is 15.2. The number of hydrogen-bond acceptors (Lipinski definition) is 6. The van der Waals surface area contributed by atoms with Gasteiger partial charge in [-0.1, -0.05) is 23.7 Å². The third-order valence-corrected chi connectivity index (χ3v) is 4.24. The van der Waals surface area contributed by atoms with Crippen LogP contribution in [0.1, 0.15) is 38.3 Å². The number of carbonyl (C=O) groups is 3. The third kappa shape index (κ3) is 5.46. The molecule has 0 amide bonds. The Kier molecular flexibility index (Phi) is 8.58. The van der Waals surface area contributed by atoms with Crippen LogP contribution in [0, 0.1) is 12.3 Å². The maximum atomic E-state index is 12.7. The number of rotatable bonds is 9. The highest BCUT2D eigenvalue weighted by Gasteiger charge is 2.51. The second-order valence-electron chi connectivity index (χ2n) is 5.77. The fraction of sp³-hybridized carbons (Fsp3) is 0.526. The Morgan fingerprint density at radius 1 is 0.962 bits per heavy atom. The summed E-state index contributed by atoms with van der Waals surface area (Å²) in [5, 5.41) is 0.567. The van der Waals surface area contributed by atoms with E-state index < -0.39 is 29.7 Å². The lowest BCUT2D eigenvalue weighted by atomic mass is 9.78. The molecule has 7 heteroatoms. The van der Waals surface area contributed by atoms with E-state index >= 15 is 0 Å². The van der Waals surface area contributed by atoms with Gasteiger partial charge in [-0.3, -0.25) is 14.4 Å². The van der Waals surface area contributed by atoms with Gasteiger partial charge < -0.3 is 14.2 Å². The number of aryl methyl sites for hydroxylation is 1. The van der Waals surface area contributed by atoms with Gasteiger partial charge in [-0.15, -0.1) is 0 Å². The van der Waals surface area contributed by atoms with E-state index in [0.29, 0.717) is 10.6 Å². The van der Waals surface area contributed by atoms with Crippen molar-refractivity contribution in [2.75, 3.05) is 19.8 Å². The van der Waals surface area contributed by atoms with Gasteiger partial charge in [0.1, 0.15) is 0 Å². The fourth-order valence-corrected chi connectivity index (χ4v) is 2.71. The normalized spacial score (nSPS) is 11.0. The average Bonchev–Trinajstić information content (AvgIpc) is 2.58. The first kappa shape index (κ1) is 22.0. The van der Waals surface area contributed by atoms with Crippen LogP contribution < -0.4 is 0 Å². The van der Waals surface area contributed by atoms with E-state index in [9.17, 15) is 14.4 Å². The molecule has 0 aromatic heterocycles. The van der Waals surface area contributed by atoms with Crippen molar-refractivity contribution in [3.8, 4) is 0 Å². The predicted octanol–water partition coefficient (Wildman–Crippen LogP) is 3.26. The summed E-state index contributed by atoms with van der Waals surface area (Å²) in [6, 6.07) is 5.14. The Labute approximate surface area is 158 Å². The second-order valence-corrected chi connectivity index (χ2v) is 6.17. The van der Waals surface area contributed by atoms with Gasteiger partial charge in [0, 0.05) is 5.02 Å². The lowest BCUT2D eigenvalue weighted by Gasteiger charge is -2.28. The number of ether oxygens (including phenoxy) is 3. The molecule has 144 valence electrons.